The van der Waals surface area contributed by atoms with E-state index in [9.17, 15) is 18.0 Å². The molecule has 1 amide bonds. The van der Waals surface area contributed by atoms with Gasteiger partial charge in [-0.3, -0.25) is 9.21 Å². The van der Waals surface area contributed by atoms with Crippen molar-refractivity contribution in [3.63, 3.8) is 0 Å². The Morgan fingerprint density at radius 1 is 1.35 bits per heavy atom. The maximum Gasteiger partial charge on any atom is 0.434 e. The van der Waals surface area contributed by atoms with Crippen molar-refractivity contribution in [2.24, 2.45) is 0 Å². The van der Waals surface area contributed by atoms with Crippen LogP contribution >= 0.6 is 23.5 Å². The second-order valence-electron chi connectivity index (χ2n) is 4.02. The third-order valence-corrected chi connectivity index (χ3v) is 3.91. The van der Waals surface area contributed by atoms with Crippen LogP contribution < -0.4 is 5.32 Å². The van der Waals surface area contributed by atoms with E-state index < -0.39 is 17.8 Å². The number of thioether (sulfide) groups is 1. The first kappa shape index (κ1) is 15.1. The van der Waals surface area contributed by atoms with E-state index >= 15 is 0 Å². The van der Waals surface area contributed by atoms with Crippen molar-refractivity contribution in [1.82, 2.24) is 9.74 Å². The Balaban J connectivity index is 2.09. The Labute approximate surface area is 122 Å². The first-order valence-corrected chi connectivity index (χ1v) is 6.91. The number of hydrogen-bond acceptors (Lipinski definition) is 3. The summed E-state index contributed by atoms with van der Waals surface area (Å²) in [6.07, 6.45) is -4.58. The molecule has 1 aliphatic heterocycles. The van der Waals surface area contributed by atoms with Crippen molar-refractivity contribution >= 4 is 29.4 Å². The Bertz CT molecular complexity index is 533. The molecule has 0 spiro atoms. The number of carbonyl (C=O) groups excluding carboxylic acids is 1. The van der Waals surface area contributed by atoms with Crippen LogP contribution in [0.5, 0.6) is 0 Å². The molecule has 0 bridgehead atoms. The smallest absolute Gasteiger partial charge is 0.319 e. The Kier molecular flexibility index (Phi) is 4.49. The zero-order valence-corrected chi connectivity index (χ0v) is 11.6. The average Bonchev–Trinajstić information content (AvgIpc) is 2.71. The van der Waals surface area contributed by atoms with E-state index in [0.717, 1.165) is 17.3 Å². The highest BCUT2D eigenvalue weighted by Gasteiger charge is 2.44. The number of carbonyl (C=O) groups is 1. The number of nitrogens with one attached hydrogen (secondary N) is 1. The highest BCUT2D eigenvalue weighted by Crippen LogP contribution is 2.41. The summed E-state index contributed by atoms with van der Waals surface area (Å²) in [7, 11) is 0. The third-order valence-electron chi connectivity index (χ3n) is 2.51. The zero-order valence-electron chi connectivity index (χ0n) is 10.1. The molecule has 0 saturated carbocycles. The van der Waals surface area contributed by atoms with Crippen LogP contribution in [0.1, 0.15) is 5.56 Å². The highest BCUT2D eigenvalue weighted by atomic mass is 35.5. The molecule has 108 valence electrons. The van der Waals surface area contributed by atoms with Gasteiger partial charge in [0.1, 0.15) is 5.03 Å². The quantitative estimate of drug-likeness (QED) is 0.867. The normalized spacial score (nSPS) is 15.7. The summed E-state index contributed by atoms with van der Waals surface area (Å²) in [6, 6.07) is 8.77. The van der Waals surface area contributed by atoms with E-state index in [4.69, 9.17) is 11.8 Å². The third kappa shape index (κ3) is 3.61. The number of alkyl halides is 3. The van der Waals surface area contributed by atoms with Gasteiger partial charge in [0.05, 0.1) is 12.3 Å². The molecule has 0 aliphatic carbocycles. The van der Waals surface area contributed by atoms with Gasteiger partial charge in [0, 0.05) is 11.8 Å². The average molecular weight is 323 g/mol. The molecule has 1 N–H and O–H groups in total. The second kappa shape index (κ2) is 5.97. The Hall–Kier alpha value is -1.34. The van der Waals surface area contributed by atoms with E-state index in [1.165, 1.54) is 0 Å². The van der Waals surface area contributed by atoms with E-state index in [-0.39, 0.29) is 17.3 Å². The zero-order chi connectivity index (χ0) is 14.8. The van der Waals surface area contributed by atoms with Crippen LogP contribution in [0.3, 0.4) is 0 Å². The highest BCUT2D eigenvalue weighted by molar-refractivity contribution is 8.03. The maximum absolute atomic E-state index is 12.8. The van der Waals surface area contributed by atoms with Gasteiger partial charge in [-0.1, -0.05) is 42.1 Å². The molecule has 0 atom stereocenters. The molecule has 2 rings (SSSR count). The fourth-order valence-electron chi connectivity index (χ4n) is 1.68. The van der Waals surface area contributed by atoms with Gasteiger partial charge in [0.25, 0.3) is 0 Å². The fraction of sp³-hybridized carbons (Fsp3) is 0.250. The summed E-state index contributed by atoms with van der Waals surface area (Å²) in [6.45, 7) is 0. The predicted octanol–water partition coefficient (Wildman–Crippen LogP) is 3.24. The standard InChI is InChI=1S/C12H10ClF3N2OS/c13-18-7-20-11(10(18)12(14,15)16)17-9(19)6-8-4-2-1-3-5-8/h1-5H,6-7H2,(H,17,19). The molecule has 3 nitrogen and oxygen atoms in total. The fourth-order valence-corrected chi connectivity index (χ4v) is 2.97. The summed E-state index contributed by atoms with van der Waals surface area (Å²) in [5.41, 5.74) is -0.296. The summed E-state index contributed by atoms with van der Waals surface area (Å²) in [5, 5.41) is 2.02. The molecule has 0 aromatic heterocycles. The number of amides is 1. The molecule has 0 radical (unpaired) electrons. The lowest BCUT2D eigenvalue weighted by Gasteiger charge is -2.15. The lowest BCUT2D eigenvalue weighted by Crippen LogP contribution is -2.28. The molecule has 20 heavy (non-hydrogen) atoms. The van der Waals surface area contributed by atoms with E-state index in [1.54, 1.807) is 30.3 Å². The van der Waals surface area contributed by atoms with Gasteiger partial charge < -0.3 is 5.32 Å². The van der Waals surface area contributed by atoms with Gasteiger partial charge >= 0.3 is 6.18 Å². The van der Waals surface area contributed by atoms with E-state index in [2.05, 4.69) is 5.32 Å². The van der Waals surface area contributed by atoms with Crippen LogP contribution in [0.15, 0.2) is 41.1 Å². The first-order chi connectivity index (χ1) is 9.38. The van der Waals surface area contributed by atoms with Crippen LogP contribution in [0, 0.1) is 0 Å². The molecule has 1 heterocycles. The molecule has 1 aromatic carbocycles. The minimum absolute atomic E-state index is 0.0122. The SMILES string of the molecule is O=C(Cc1ccccc1)NC1=C(C(F)(F)F)N(Cl)CS1. The molecule has 8 heteroatoms. The molecule has 0 fully saturated rings. The molecule has 1 aromatic rings. The van der Waals surface area contributed by atoms with Crippen molar-refractivity contribution in [3.8, 4) is 0 Å². The van der Waals surface area contributed by atoms with Crippen LogP contribution in [0.4, 0.5) is 13.2 Å². The summed E-state index contributed by atoms with van der Waals surface area (Å²) in [4.78, 5) is 11.8. The molecule has 0 unspecified atom stereocenters. The number of rotatable bonds is 3. The largest absolute Gasteiger partial charge is 0.434 e. The summed E-state index contributed by atoms with van der Waals surface area (Å²) in [5.74, 6) is -0.565. The second-order valence-corrected chi connectivity index (χ2v) is 5.38. The predicted molar refractivity (Wildman–Crippen MR) is 71.5 cm³/mol. The van der Waals surface area contributed by atoms with Crippen molar-refractivity contribution < 1.29 is 18.0 Å². The van der Waals surface area contributed by atoms with Crippen molar-refractivity contribution in [2.75, 3.05) is 5.88 Å². The molecule has 0 saturated heterocycles. The number of allylic oxidation sites excluding steroid dienone is 1. The maximum atomic E-state index is 12.8. The van der Waals surface area contributed by atoms with Crippen LogP contribution in [0.25, 0.3) is 0 Å². The Morgan fingerprint density at radius 2 is 2.00 bits per heavy atom. The van der Waals surface area contributed by atoms with Gasteiger partial charge in [-0.05, 0) is 5.56 Å². The van der Waals surface area contributed by atoms with Crippen molar-refractivity contribution in [3.05, 3.63) is 46.6 Å². The van der Waals surface area contributed by atoms with Crippen LogP contribution in [-0.4, -0.2) is 22.4 Å². The van der Waals surface area contributed by atoms with Crippen molar-refractivity contribution in [1.29, 1.82) is 0 Å². The van der Waals surface area contributed by atoms with Gasteiger partial charge in [-0.2, -0.15) is 13.2 Å². The molecular formula is C12H10ClF3N2OS. The topological polar surface area (TPSA) is 32.3 Å². The summed E-state index contributed by atoms with van der Waals surface area (Å²) < 4.78 is 38.9. The van der Waals surface area contributed by atoms with E-state index in [0.29, 0.717) is 4.42 Å². The minimum atomic E-state index is -4.60. The van der Waals surface area contributed by atoms with Crippen molar-refractivity contribution in [2.45, 2.75) is 12.6 Å². The number of hydrogen-bond donors (Lipinski definition) is 1. The summed E-state index contributed by atoms with van der Waals surface area (Å²) >= 11 is 6.33. The monoisotopic (exact) mass is 322 g/mol. The number of halogens is 4. The number of benzene rings is 1. The van der Waals surface area contributed by atoms with Gasteiger partial charge in [0.15, 0.2) is 5.70 Å². The van der Waals surface area contributed by atoms with Crippen LogP contribution in [-0.2, 0) is 11.2 Å². The lowest BCUT2D eigenvalue weighted by atomic mass is 10.1. The van der Waals surface area contributed by atoms with Gasteiger partial charge in [-0.15, -0.1) is 0 Å². The Morgan fingerprint density at radius 3 is 2.60 bits per heavy atom. The number of nitrogens with zero attached hydrogens (tertiary/aromatic N) is 1. The molecular weight excluding hydrogens is 313 g/mol. The molecule has 1 aliphatic rings. The van der Waals surface area contributed by atoms with Crippen LogP contribution in [0.2, 0.25) is 0 Å². The van der Waals surface area contributed by atoms with Gasteiger partial charge in [-0.25, -0.2) is 0 Å². The van der Waals surface area contributed by atoms with Gasteiger partial charge in [0.2, 0.25) is 5.91 Å². The first-order valence-electron chi connectivity index (χ1n) is 5.59. The minimum Gasteiger partial charge on any atom is -0.319 e. The van der Waals surface area contributed by atoms with E-state index in [1.807, 2.05) is 0 Å². The lowest BCUT2D eigenvalue weighted by molar-refractivity contribution is -0.119.